The van der Waals surface area contributed by atoms with Crippen molar-refractivity contribution < 1.29 is 13.9 Å². The molecule has 0 spiro atoms. The van der Waals surface area contributed by atoms with Crippen molar-refractivity contribution in [1.82, 2.24) is 10.2 Å². The molecule has 0 aliphatic heterocycles. The van der Waals surface area contributed by atoms with Crippen molar-refractivity contribution in [2.75, 3.05) is 5.32 Å². The van der Waals surface area contributed by atoms with Crippen LogP contribution in [0.4, 0.5) is 21.7 Å². The molecule has 0 aliphatic rings. The predicted octanol–water partition coefficient (Wildman–Crippen LogP) is 5.66. The van der Waals surface area contributed by atoms with Gasteiger partial charge < -0.3 is 15.8 Å². The van der Waals surface area contributed by atoms with Gasteiger partial charge in [0.2, 0.25) is 0 Å². The van der Waals surface area contributed by atoms with Gasteiger partial charge in [-0.25, -0.2) is 9.38 Å². The van der Waals surface area contributed by atoms with Gasteiger partial charge in [-0.05, 0) is 65.2 Å². The summed E-state index contributed by atoms with van der Waals surface area (Å²) in [5, 5.41) is 10.1. The van der Waals surface area contributed by atoms with Crippen LogP contribution in [0.3, 0.4) is 0 Å². The molecule has 0 saturated heterocycles. The monoisotopic (exact) mass is 569 g/mol. The molecule has 7 nitrogen and oxygen atoms in total. The molecule has 0 bridgehead atoms. The highest BCUT2D eigenvalue weighted by atomic mass is 127. The molecule has 0 saturated carbocycles. The molecule has 0 fully saturated rings. The fourth-order valence-electron chi connectivity index (χ4n) is 3.16. The van der Waals surface area contributed by atoms with Crippen LogP contribution in [-0.2, 0) is 11.0 Å². The van der Waals surface area contributed by atoms with Gasteiger partial charge in [0.25, 0.3) is 5.91 Å². The summed E-state index contributed by atoms with van der Waals surface area (Å²) in [6.45, 7) is 0.333. The molecule has 9 heteroatoms. The topological polar surface area (TPSA) is 105 Å². The summed E-state index contributed by atoms with van der Waals surface area (Å²) in [5.41, 5.74) is 9.39. The van der Waals surface area contributed by atoms with Crippen molar-refractivity contribution in [3.05, 3.63) is 101 Å². The SMILES string of the molecule is NC(=O)c1c(N=Cc2ccc(OCc3ccc(F)cc3)cc2)n[nH]c1Nc1cccc(CI)c1. The van der Waals surface area contributed by atoms with Crippen LogP contribution in [0.1, 0.15) is 27.0 Å². The summed E-state index contributed by atoms with van der Waals surface area (Å²) in [4.78, 5) is 16.4. The number of aromatic amines is 1. The van der Waals surface area contributed by atoms with Gasteiger partial charge in [-0.1, -0.05) is 46.9 Å². The van der Waals surface area contributed by atoms with Crippen LogP contribution in [0.2, 0.25) is 0 Å². The van der Waals surface area contributed by atoms with E-state index in [1.54, 1.807) is 30.5 Å². The number of benzene rings is 3. The number of hydrogen-bond donors (Lipinski definition) is 3. The van der Waals surface area contributed by atoms with E-state index in [1.165, 1.54) is 12.1 Å². The van der Waals surface area contributed by atoms with Crippen molar-refractivity contribution in [1.29, 1.82) is 0 Å². The van der Waals surface area contributed by atoms with Crippen LogP contribution in [0.25, 0.3) is 0 Å². The van der Waals surface area contributed by atoms with E-state index < -0.39 is 5.91 Å². The lowest BCUT2D eigenvalue weighted by Gasteiger charge is -2.07. The lowest BCUT2D eigenvalue weighted by molar-refractivity contribution is 0.100. The van der Waals surface area contributed by atoms with Gasteiger partial charge in [0.15, 0.2) is 5.82 Å². The number of anilines is 2. The number of primary amides is 1. The smallest absolute Gasteiger partial charge is 0.256 e. The molecular formula is C25H21FIN5O2. The number of hydrogen-bond acceptors (Lipinski definition) is 5. The Kier molecular flexibility index (Phi) is 7.53. The molecule has 4 N–H and O–H groups in total. The van der Waals surface area contributed by atoms with Crippen LogP contribution in [0.5, 0.6) is 5.75 Å². The number of rotatable bonds is 9. The number of amides is 1. The maximum atomic E-state index is 13.0. The number of ether oxygens (including phenoxy) is 1. The number of H-pyrrole nitrogens is 1. The van der Waals surface area contributed by atoms with Gasteiger partial charge in [-0.15, -0.1) is 0 Å². The Bertz CT molecular complexity index is 1300. The van der Waals surface area contributed by atoms with Gasteiger partial charge in [0.1, 0.15) is 29.6 Å². The van der Waals surface area contributed by atoms with E-state index in [0.29, 0.717) is 18.2 Å². The maximum Gasteiger partial charge on any atom is 0.256 e. The van der Waals surface area contributed by atoms with E-state index in [0.717, 1.165) is 26.8 Å². The van der Waals surface area contributed by atoms with Crippen molar-refractivity contribution in [3.8, 4) is 5.75 Å². The molecule has 4 aromatic rings. The number of alkyl halides is 1. The van der Waals surface area contributed by atoms with Crippen molar-refractivity contribution in [3.63, 3.8) is 0 Å². The summed E-state index contributed by atoms with van der Waals surface area (Å²) in [6.07, 6.45) is 1.59. The molecule has 0 unspecified atom stereocenters. The number of carbonyl (C=O) groups is 1. The average molecular weight is 569 g/mol. The third kappa shape index (κ3) is 5.98. The number of carbonyl (C=O) groups excluding carboxylic acids is 1. The summed E-state index contributed by atoms with van der Waals surface area (Å²) >= 11 is 2.29. The molecule has 4 rings (SSSR count). The highest BCUT2D eigenvalue weighted by molar-refractivity contribution is 14.1. The highest BCUT2D eigenvalue weighted by Crippen LogP contribution is 2.27. The number of nitrogens with two attached hydrogens (primary N) is 1. The molecule has 0 atom stereocenters. The van der Waals surface area contributed by atoms with Gasteiger partial charge in [0, 0.05) is 16.3 Å². The second-order valence-electron chi connectivity index (χ2n) is 7.36. The number of halogens is 2. The minimum Gasteiger partial charge on any atom is -0.489 e. The molecule has 1 amide bonds. The van der Waals surface area contributed by atoms with E-state index in [4.69, 9.17) is 10.5 Å². The first kappa shape index (κ1) is 23.4. The molecule has 172 valence electrons. The number of aromatic nitrogens is 2. The van der Waals surface area contributed by atoms with Gasteiger partial charge in [-0.2, -0.15) is 5.10 Å². The predicted molar refractivity (Wildman–Crippen MR) is 139 cm³/mol. The van der Waals surface area contributed by atoms with E-state index >= 15 is 0 Å². The van der Waals surface area contributed by atoms with Crippen molar-refractivity contribution in [2.24, 2.45) is 10.7 Å². The number of nitrogens with one attached hydrogen (secondary N) is 2. The van der Waals surface area contributed by atoms with E-state index in [1.807, 2.05) is 36.4 Å². The largest absolute Gasteiger partial charge is 0.489 e. The minimum atomic E-state index is -0.641. The van der Waals surface area contributed by atoms with Crippen LogP contribution in [0, 0.1) is 5.82 Å². The normalized spacial score (nSPS) is 11.0. The van der Waals surface area contributed by atoms with E-state index in [-0.39, 0.29) is 17.2 Å². The van der Waals surface area contributed by atoms with E-state index in [2.05, 4.69) is 43.1 Å². The zero-order chi connectivity index (χ0) is 23.9. The first-order valence-electron chi connectivity index (χ1n) is 10.3. The van der Waals surface area contributed by atoms with E-state index in [9.17, 15) is 9.18 Å². The Labute approximate surface area is 209 Å². The summed E-state index contributed by atoms with van der Waals surface area (Å²) in [7, 11) is 0. The van der Waals surface area contributed by atoms with Gasteiger partial charge in [0.05, 0.1) is 0 Å². The fraction of sp³-hybridized carbons (Fsp3) is 0.0800. The molecule has 1 aromatic heterocycles. The standard InChI is InChI=1S/C25H21FIN5O2/c26-19-8-4-17(5-9-19)15-34-21-10-6-16(7-11-21)14-29-24-22(23(28)33)25(32-31-24)30-20-3-1-2-18(12-20)13-27/h1-12,14H,13,15H2,(H2,28,33)(H2,30,31,32). The Morgan fingerprint density at radius 1 is 1.12 bits per heavy atom. The fourth-order valence-corrected chi connectivity index (χ4v) is 3.63. The summed E-state index contributed by atoms with van der Waals surface area (Å²) < 4.78 is 19.6. The first-order valence-corrected chi connectivity index (χ1v) is 11.9. The molecular weight excluding hydrogens is 548 g/mol. The van der Waals surface area contributed by atoms with Crippen LogP contribution < -0.4 is 15.8 Å². The lowest BCUT2D eigenvalue weighted by Crippen LogP contribution is -2.12. The molecule has 1 heterocycles. The number of aliphatic imine (C=N–C) groups is 1. The quantitative estimate of drug-likeness (QED) is 0.138. The molecule has 3 aromatic carbocycles. The number of nitrogens with zero attached hydrogens (tertiary/aromatic N) is 2. The summed E-state index contributed by atoms with van der Waals surface area (Å²) in [5.74, 6) is 0.320. The second-order valence-corrected chi connectivity index (χ2v) is 8.13. The second kappa shape index (κ2) is 10.9. The summed E-state index contributed by atoms with van der Waals surface area (Å²) in [6, 6.07) is 21.3. The van der Waals surface area contributed by atoms with Gasteiger partial charge in [-0.3, -0.25) is 9.89 Å². The Morgan fingerprint density at radius 2 is 1.88 bits per heavy atom. The third-order valence-electron chi connectivity index (χ3n) is 4.88. The average Bonchev–Trinajstić information content (AvgIpc) is 3.25. The Balaban J connectivity index is 1.44. The molecule has 0 radical (unpaired) electrons. The van der Waals surface area contributed by atoms with Crippen molar-refractivity contribution in [2.45, 2.75) is 11.0 Å². The van der Waals surface area contributed by atoms with Crippen LogP contribution >= 0.6 is 22.6 Å². The third-order valence-corrected chi connectivity index (χ3v) is 5.76. The molecule has 0 aliphatic carbocycles. The molecule has 34 heavy (non-hydrogen) atoms. The zero-order valence-corrected chi connectivity index (χ0v) is 20.1. The highest BCUT2D eigenvalue weighted by Gasteiger charge is 2.18. The Morgan fingerprint density at radius 3 is 2.59 bits per heavy atom. The van der Waals surface area contributed by atoms with Crippen LogP contribution in [0.15, 0.2) is 77.8 Å². The van der Waals surface area contributed by atoms with Gasteiger partial charge >= 0.3 is 0 Å². The van der Waals surface area contributed by atoms with Crippen molar-refractivity contribution >= 4 is 52.0 Å². The lowest BCUT2D eigenvalue weighted by atomic mass is 10.2. The Hall–Kier alpha value is -3.73. The maximum absolute atomic E-state index is 13.0. The zero-order valence-electron chi connectivity index (χ0n) is 18.0. The minimum absolute atomic E-state index is 0.176. The first-order chi connectivity index (χ1) is 16.5. The van der Waals surface area contributed by atoms with Crippen LogP contribution in [-0.4, -0.2) is 22.3 Å².